The number of carbonyl (C=O) groups excluding carboxylic acids is 2. The second-order valence-corrected chi connectivity index (χ2v) is 5.71. The number of aryl methyl sites for hydroxylation is 1. The molecule has 0 aliphatic carbocycles. The molecule has 0 aromatic carbocycles. The van der Waals surface area contributed by atoms with Crippen LogP contribution in [0, 0.1) is 6.92 Å². The number of nitrogens with two attached hydrogens (primary N) is 1. The minimum atomic E-state index is -0.567. The van der Waals surface area contributed by atoms with Crippen molar-refractivity contribution in [2.45, 2.75) is 19.4 Å². The Hall–Kier alpha value is -2.96. The number of hydrogen-bond donors (Lipinski definition) is 1. The van der Waals surface area contributed by atoms with Crippen LogP contribution in [0.15, 0.2) is 36.7 Å². The third-order valence-electron chi connectivity index (χ3n) is 3.89. The van der Waals surface area contributed by atoms with Gasteiger partial charge < -0.3 is 15.4 Å². The number of hydrogen-bond acceptors (Lipinski definition) is 5. The molecule has 1 saturated heterocycles. The van der Waals surface area contributed by atoms with Crippen LogP contribution in [-0.2, 0) is 0 Å². The third-order valence-corrected chi connectivity index (χ3v) is 3.89. The molecule has 2 N–H and O–H groups in total. The van der Waals surface area contributed by atoms with Crippen molar-refractivity contribution < 1.29 is 14.3 Å². The molecule has 2 aromatic rings. The predicted octanol–water partition coefficient (Wildman–Crippen LogP) is 1.18. The van der Waals surface area contributed by atoms with Crippen molar-refractivity contribution >= 4 is 11.8 Å². The van der Waals surface area contributed by atoms with Crippen LogP contribution >= 0.6 is 0 Å². The highest BCUT2D eigenvalue weighted by Crippen LogP contribution is 2.19. The minimum Gasteiger partial charge on any atom is -0.487 e. The molecule has 1 aliphatic rings. The Labute approximate surface area is 139 Å². The van der Waals surface area contributed by atoms with Gasteiger partial charge in [-0.15, -0.1) is 0 Å². The van der Waals surface area contributed by atoms with Crippen LogP contribution in [0.3, 0.4) is 0 Å². The van der Waals surface area contributed by atoms with E-state index in [0.29, 0.717) is 18.8 Å². The number of aromatic nitrogens is 2. The number of carbonyl (C=O) groups is 2. The zero-order chi connectivity index (χ0) is 17.1. The third kappa shape index (κ3) is 3.51. The number of rotatable bonds is 4. The van der Waals surface area contributed by atoms with Crippen molar-refractivity contribution in [1.82, 2.24) is 14.9 Å². The Morgan fingerprint density at radius 1 is 1.21 bits per heavy atom. The van der Waals surface area contributed by atoms with E-state index in [0.717, 1.165) is 12.1 Å². The van der Waals surface area contributed by atoms with E-state index in [1.807, 2.05) is 19.1 Å². The van der Waals surface area contributed by atoms with Gasteiger partial charge in [-0.3, -0.25) is 19.6 Å². The summed E-state index contributed by atoms with van der Waals surface area (Å²) in [6.07, 6.45) is 3.68. The summed E-state index contributed by atoms with van der Waals surface area (Å²) >= 11 is 0. The summed E-state index contributed by atoms with van der Waals surface area (Å²) in [7, 11) is 0. The van der Waals surface area contributed by atoms with Gasteiger partial charge in [-0.05, 0) is 31.2 Å². The lowest BCUT2D eigenvalue weighted by atomic mass is 10.2. The van der Waals surface area contributed by atoms with E-state index in [1.54, 1.807) is 11.1 Å². The van der Waals surface area contributed by atoms with Crippen LogP contribution in [0.4, 0.5) is 0 Å². The summed E-state index contributed by atoms with van der Waals surface area (Å²) in [4.78, 5) is 33.4. The average Bonchev–Trinajstić information content (AvgIpc) is 3.05. The largest absolute Gasteiger partial charge is 0.487 e. The van der Waals surface area contributed by atoms with Gasteiger partial charge in [0.15, 0.2) is 0 Å². The van der Waals surface area contributed by atoms with E-state index in [2.05, 4.69) is 9.97 Å². The summed E-state index contributed by atoms with van der Waals surface area (Å²) in [5, 5.41) is 0. The number of pyridine rings is 2. The van der Waals surface area contributed by atoms with E-state index in [9.17, 15) is 9.59 Å². The lowest BCUT2D eigenvalue weighted by Crippen LogP contribution is -2.31. The van der Waals surface area contributed by atoms with Gasteiger partial charge in [-0.1, -0.05) is 0 Å². The van der Waals surface area contributed by atoms with E-state index < -0.39 is 5.91 Å². The zero-order valence-corrected chi connectivity index (χ0v) is 13.3. The van der Waals surface area contributed by atoms with Crippen molar-refractivity contribution in [3.8, 4) is 5.75 Å². The minimum absolute atomic E-state index is 0.0663. The molecule has 0 bridgehead atoms. The highest BCUT2D eigenvalue weighted by atomic mass is 16.5. The predicted molar refractivity (Wildman–Crippen MR) is 86.7 cm³/mol. The number of primary amides is 1. The van der Waals surface area contributed by atoms with Crippen LogP contribution in [0.2, 0.25) is 0 Å². The fourth-order valence-electron chi connectivity index (χ4n) is 2.55. The molecular formula is C17H18N4O3. The SMILES string of the molecule is Cc1ccc(OC2CCN(C(=O)c3ccc(C(N)=O)cn3)C2)cn1. The lowest BCUT2D eigenvalue weighted by molar-refractivity contribution is 0.0766. The number of likely N-dealkylation sites (tertiary alicyclic amines) is 1. The van der Waals surface area contributed by atoms with Crippen molar-refractivity contribution in [2.24, 2.45) is 5.73 Å². The molecule has 2 amide bonds. The first-order valence-electron chi connectivity index (χ1n) is 7.67. The highest BCUT2D eigenvalue weighted by Gasteiger charge is 2.29. The van der Waals surface area contributed by atoms with Crippen molar-refractivity contribution in [3.05, 3.63) is 53.6 Å². The van der Waals surface area contributed by atoms with Gasteiger partial charge in [0.05, 0.1) is 18.3 Å². The first-order valence-corrected chi connectivity index (χ1v) is 7.67. The molecule has 1 aliphatic heterocycles. The molecule has 1 fully saturated rings. The Morgan fingerprint density at radius 3 is 2.67 bits per heavy atom. The normalized spacial score (nSPS) is 16.9. The smallest absolute Gasteiger partial charge is 0.272 e. The summed E-state index contributed by atoms with van der Waals surface area (Å²) in [5.74, 6) is -0.0502. The number of amides is 2. The maximum Gasteiger partial charge on any atom is 0.272 e. The van der Waals surface area contributed by atoms with Gasteiger partial charge in [0, 0.05) is 24.9 Å². The van der Waals surface area contributed by atoms with Crippen LogP contribution in [-0.4, -0.2) is 45.9 Å². The Kier molecular flexibility index (Phi) is 4.41. The molecule has 0 radical (unpaired) electrons. The Morgan fingerprint density at radius 2 is 2.04 bits per heavy atom. The molecule has 0 saturated carbocycles. The molecule has 24 heavy (non-hydrogen) atoms. The van der Waals surface area contributed by atoms with Gasteiger partial charge in [0.25, 0.3) is 5.91 Å². The maximum atomic E-state index is 12.5. The molecule has 7 heteroatoms. The quantitative estimate of drug-likeness (QED) is 0.909. The van der Waals surface area contributed by atoms with E-state index in [4.69, 9.17) is 10.5 Å². The molecule has 3 heterocycles. The number of ether oxygens (including phenoxy) is 1. The van der Waals surface area contributed by atoms with Crippen LogP contribution < -0.4 is 10.5 Å². The first kappa shape index (κ1) is 15.9. The molecule has 7 nitrogen and oxygen atoms in total. The molecule has 2 aromatic heterocycles. The molecule has 3 rings (SSSR count). The van der Waals surface area contributed by atoms with Gasteiger partial charge in [0.1, 0.15) is 17.5 Å². The molecule has 1 unspecified atom stereocenters. The average molecular weight is 326 g/mol. The first-order chi connectivity index (χ1) is 11.5. The number of nitrogens with zero attached hydrogens (tertiary/aromatic N) is 3. The van der Waals surface area contributed by atoms with Crippen LogP contribution in [0.5, 0.6) is 5.75 Å². The molecular weight excluding hydrogens is 308 g/mol. The van der Waals surface area contributed by atoms with Crippen molar-refractivity contribution in [1.29, 1.82) is 0 Å². The summed E-state index contributed by atoms with van der Waals surface area (Å²) < 4.78 is 5.86. The summed E-state index contributed by atoms with van der Waals surface area (Å²) in [6, 6.07) is 6.78. The second-order valence-electron chi connectivity index (χ2n) is 5.71. The topological polar surface area (TPSA) is 98.4 Å². The highest BCUT2D eigenvalue weighted by molar-refractivity contribution is 5.95. The maximum absolute atomic E-state index is 12.5. The second kappa shape index (κ2) is 6.66. The van der Waals surface area contributed by atoms with Gasteiger partial charge in [-0.25, -0.2) is 0 Å². The molecule has 1 atom stereocenters. The van der Waals surface area contributed by atoms with E-state index >= 15 is 0 Å². The van der Waals surface area contributed by atoms with Crippen LogP contribution in [0.1, 0.15) is 33.0 Å². The Bertz CT molecular complexity index is 743. The van der Waals surface area contributed by atoms with Gasteiger partial charge in [0.2, 0.25) is 5.91 Å². The van der Waals surface area contributed by atoms with Gasteiger partial charge in [-0.2, -0.15) is 0 Å². The molecule has 124 valence electrons. The van der Waals surface area contributed by atoms with Gasteiger partial charge >= 0.3 is 0 Å². The summed E-state index contributed by atoms with van der Waals surface area (Å²) in [5.41, 5.74) is 6.66. The van der Waals surface area contributed by atoms with E-state index in [-0.39, 0.29) is 23.3 Å². The molecule has 0 spiro atoms. The zero-order valence-electron chi connectivity index (χ0n) is 13.3. The fourth-order valence-corrected chi connectivity index (χ4v) is 2.55. The van der Waals surface area contributed by atoms with Crippen LogP contribution in [0.25, 0.3) is 0 Å². The van der Waals surface area contributed by atoms with Crippen molar-refractivity contribution in [2.75, 3.05) is 13.1 Å². The fraction of sp³-hybridized carbons (Fsp3) is 0.294. The Balaban J connectivity index is 1.61. The lowest BCUT2D eigenvalue weighted by Gasteiger charge is -2.17. The monoisotopic (exact) mass is 326 g/mol. The van der Waals surface area contributed by atoms with Crippen molar-refractivity contribution in [3.63, 3.8) is 0 Å². The van der Waals surface area contributed by atoms with E-state index in [1.165, 1.54) is 18.3 Å². The summed E-state index contributed by atoms with van der Waals surface area (Å²) in [6.45, 7) is 3.00. The standard InChI is InChI=1S/C17H18N4O3/c1-11-2-4-13(9-19-11)24-14-6-7-21(10-14)17(23)15-5-3-12(8-20-15)16(18)22/h2-5,8-9,14H,6-7,10H2,1H3,(H2,18,22).